The van der Waals surface area contributed by atoms with E-state index in [9.17, 15) is 9.90 Å². The van der Waals surface area contributed by atoms with Crippen LogP contribution in [0.2, 0.25) is 0 Å². The number of amides is 1. The smallest absolute Gasteiger partial charge is 0.223 e. The molecule has 3 aromatic rings. The Bertz CT molecular complexity index is 1220. The van der Waals surface area contributed by atoms with Gasteiger partial charge in [0.05, 0.1) is 25.3 Å². The number of aromatic nitrogens is 1. The van der Waals surface area contributed by atoms with Crippen molar-refractivity contribution in [3.05, 3.63) is 65.4 Å². The Kier molecular flexibility index (Phi) is 5.19. The van der Waals surface area contributed by atoms with Crippen LogP contribution in [-0.4, -0.2) is 58.7 Å². The van der Waals surface area contributed by atoms with E-state index in [0.29, 0.717) is 18.9 Å². The van der Waals surface area contributed by atoms with Crippen molar-refractivity contribution < 1.29 is 14.6 Å². The van der Waals surface area contributed by atoms with Crippen LogP contribution in [0, 0.1) is 5.92 Å². The van der Waals surface area contributed by atoms with E-state index < -0.39 is 0 Å². The van der Waals surface area contributed by atoms with Gasteiger partial charge in [0, 0.05) is 62.2 Å². The van der Waals surface area contributed by atoms with E-state index in [1.807, 2.05) is 11.0 Å². The third-order valence-corrected chi connectivity index (χ3v) is 8.10. The van der Waals surface area contributed by atoms with Gasteiger partial charge in [-0.15, -0.1) is 0 Å². The molecule has 0 unspecified atom stereocenters. The predicted octanol–water partition coefficient (Wildman–Crippen LogP) is 3.62. The molecule has 178 valence electrons. The van der Waals surface area contributed by atoms with Crippen LogP contribution in [0.1, 0.15) is 42.1 Å². The summed E-state index contributed by atoms with van der Waals surface area (Å²) in [6, 6.07) is 16.5. The molecule has 1 saturated carbocycles. The monoisotopic (exact) mass is 459 g/mol. The van der Waals surface area contributed by atoms with Crippen molar-refractivity contribution in [1.29, 1.82) is 0 Å². The summed E-state index contributed by atoms with van der Waals surface area (Å²) >= 11 is 0. The zero-order chi connectivity index (χ0) is 23.4. The second kappa shape index (κ2) is 8.14. The highest BCUT2D eigenvalue weighted by Crippen LogP contribution is 2.50. The molecule has 1 aromatic heterocycles. The van der Waals surface area contributed by atoms with E-state index in [4.69, 9.17) is 4.74 Å². The number of fused-ring (bicyclic) bond motifs is 4. The SMILES string of the molecule is COc1ccc2c3c(n(C)c2c1)[C@H](CO)N(C(=O)CC1CC1)CC31CN(Cc2ccccc2)C1. The van der Waals surface area contributed by atoms with Crippen molar-refractivity contribution in [1.82, 2.24) is 14.4 Å². The molecule has 6 nitrogen and oxygen atoms in total. The van der Waals surface area contributed by atoms with Crippen LogP contribution < -0.4 is 4.74 Å². The summed E-state index contributed by atoms with van der Waals surface area (Å²) in [5.41, 5.74) is 4.68. The van der Waals surface area contributed by atoms with E-state index in [-0.39, 0.29) is 24.0 Å². The molecule has 2 aromatic carbocycles. The lowest BCUT2D eigenvalue weighted by molar-refractivity contribution is -0.139. The number of aliphatic hydroxyl groups excluding tert-OH is 1. The summed E-state index contributed by atoms with van der Waals surface area (Å²) < 4.78 is 7.70. The maximum Gasteiger partial charge on any atom is 0.223 e. The van der Waals surface area contributed by atoms with Crippen molar-refractivity contribution >= 4 is 16.8 Å². The van der Waals surface area contributed by atoms with Crippen molar-refractivity contribution in [3.63, 3.8) is 0 Å². The second-order valence-electron chi connectivity index (χ2n) is 10.5. The predicted molar refractivity (Wildman–Crippen MR) is 132 cm³/mol. The number of ether oxygens (including phenoxy) is 1. The van der Waals surface area contributed by atoms with Crippen molar-refractivity contribution in [2.45, 2.75) is 37.3 Å². The van der Waals surface area contributed by atoms with E-state index in [1.54, 1.807) is 7.11 Å². The van der Waals surface area contributed by atoms with Crippen LogP contribution in [0.15, 0.2) is 48.5 Å². The highest BCUT2D eigenvalue weighted by Gasteiger charge is 2.54. The molecule has 2 fully saturated rings. The fourth-order valence-corrected chi connectivity index (χ4v) is 6.33. The number of nitrogens with zero attached hydrogens (tertiary/aromatic N) is 3. The summed E-state index contributed by atoms with van der Waals surface area (Å²) in [5, 5.41) is 11.7. The van der Waals surface area contributed by atoms with Crippen LogP contribution in [0.4, 0.5) is 0 Å². The first-order valence-corrected chi connectivity index (χ1v) is 12.4. The molecule has 1 aliphatic carbocycles. The summed E-state index contributed by atoms with van der Waals surface area (Å²) in [6.07, 6.45) is 2.91. The second-order valence-corrected chi connectivity index (χ2v) is 10.5. The molecule has 6 rings (SSSR count). The molecule has 1 atom stereocenters. The van der Waals surface area contributed by atoms with Gasteiger partial charge in [-0.3, -0.25) is 9.69 Å². The maximum atomic E-state index is 13.4. The van der Waals surface area contributed by atoms with Crippen molar-refractivity contribution in [2.24, 2.45) is 13.0 Å². The number of hydrogen-bond acceptors (Lipinski definition) is 4. The number of hydrogen-bond donors (Lipinski definition) is 1. The van der Waals surface area contributed by atoms with Gasteiger partial charge in [0.2, 0.25) is 5.91 Å². The highest BCUT2D eigenvalue weighted by atomic mass is 16.5. The number of methoxy groups -OCH3 is 1. The lowest BCUT2D eigenvalue weighted by Gasteiger charge is -2.56. The number of rotatable bonds is 6. The molecule has 0 bridgehead atoms. The molecule has 1 spiro atoms. The Labute approximate surface area is 200 Å². The molecule has 0 radical (unpaired) electrons. The molecule has 1 amide bonds. The van der Waals surface area contributed by atoms with Gasteiger partial charge < -0.3 is 19.3 Å². The molecule has 1 N–H and O–H groups in total. The first kappa shape index (κ1) is 21.7. The van der Waals surface area contributed by atoms with Gasteiger partial charge in [-0.1, -0.05) is 30.3 Å². The van der Waals surface area contributed by atoms with Crippen LogP contribution in [0.3, 0.4) is 0 Å². The first-order valence-electron chi connectivity index (χ1n) is 12.4. The van der Waals surface area contributed by atoms with Gasteiger partial charge in [-0.05, 0) is 42.0 Å². The quantitative estimate of drug-likeness (QED) is 0.612. The fourth-order valence-electron chi connectivity index (χ4n) is 6.33. The van der Waals surface area contributed by atoms with Gasteiger partial charge in [-0.2, -0.15) is 0 Å². The summed E-state index contributed by atoms with van der Waals surface area (Å²) in [7, 11) is 3.75. The topological polar surface area (TPSA) is 57.9 Å². The van der Waals surface area contributed by atoms with Gasteiger partial charge in [0.1, 0.15) is 5.75 Å². The Morgan fingerprint density at radius 3 is 2.56 bits per heavy atom. The lowest BCUT2D eigenvalue weighted by Crippen LogP contribution is -2.66. The summed E-state index contributed by atoms with van der Waals surface area (Å²) in [6.45, 7) is 3.34. The Morgan fingerprint density at radius 2 is 1.88 bits per heavy atom. The number of benzene rings is 2. The minimum atomic E-state index is -0.307. The third kappa shape index (κ3) is 3.43. The van der Waals surface area contributed by atoms with E-state index in [2.05, 4.69) is 59.0 Å². The third-order valence-electron chi connectivity index (χ3n) is 8.10. The van der Waals surface area contributed by atoms with Gasteiger partial charge in [0.25, 0.3) is 0 Å². The molecule has 6 heteroatoms. The van der Waals surface area contributed by atoms with E-state index in [0.717, 1.165) is 49.4 Å². The van der Waals surface area contributed by atoms with Gasteiger partial charge in [0.15, 0.2) is 0 Å². The molecule has 1 saturated heterocycles. The van der Waals surface area contributed by atoms with E-state index in [1.165, 1.54) is 16.5 Å². The fraction of sp³-hybridized carbons (Fsp3) is 0.464. The molecule has 3 aliphatic rings. The minimum absolute atomic E-state index is 0.0610. The van der Waals surface area contributed by atoms with Gasteiger partial charge >= 0.3 is 0 Å². The molecular weight excluding hydrogens is 426 g/mol. The molecule has 2 aliphatic heterocycles. The highest BCUT2D eigenvalue weighted by molar-refractivity contribution is 5.90. The number of carbonyl (C=O) groups excluding carboxylic acids is 1. The van der Waals surface area contributed by atoms with Crippen LogP contribution in [0.25, 0.3) is 10.9 Å². The molecular formula is C28H33N3O3. The number of aryl methyl sites for hydroxylation is 1. The Hall–Kier alpha value is -2.83. The lowest BCUT2D eigenvalue weighted by atomic mass is 9.68. The van der Waals surface area contributed by atoms with Crippen LogP contribution in [0.5, 0.6) is 5.75 Å². The number of carbonyl (C=O) groups is 1. The average Bonchev–Trinajstić information content (AvgIpc) is 3.60. The zero-order valence-corrected chi connectivity index (χ0v) is 20.0. The Morgan fingerprint density at radius 1 is 1.12 bits per heavy atom. The molecule has 3 heterocycles. The van der Waals surface area contributed by atoms with E-state index >= 15 is 0 Å². The zero-order valence-electron chi connectivity index (χ0n) is 20.0. The van der Waals surface area contributed by atoms with Crippen LogP contribution >= 0.6 is 0 Å². The minimum Gasteiger partial charge on any atom is -0.497 e. The number of aliphatic hydroxyl groups is 1. The normalized spacial score (nSPS) is 21.5. The van der Waals surface area contributed by atoms with Gasteiger partial charge in [-0.25, -0.2) is 0 Å². The average molecular weight is 460 g/mol. The Balaban J connectivity index is 1.42. The van der Waals surface area contributed by atoms with Crippen molar-refractivity contribution in [3.8, 4) is 5.75 Å². The largest absolute Gasteiger partial charge is 0.497 e. The van der Waals surface area contributed by atoms with Crippen LogP contribution in [-0.2, 0) is 23.8 Å². The standard InChI is InChI=1S/C28H33N3O3/c1-29-23-13-21(34-2)10-11-22(23)26-27(29)24(15-32)31(25(33)12-19-8-9-19)18-28(26)16-30(17-28)14-20-6-4-3-5-7-20/h3-7,10-11,13,19,24,32H,8-9,12,14-18H2,1-2H3/t24-/m0/s1. The first-order chi connectivity index (χ1) is 16.5. The number of likely N-dealkylation sites (tertiary alicyclic amines) is 1. The summed E-state index contributed by atoms with van der Waals surface area (Å²) in [5.74, 6) is 1.54. The maximum absolute atomic E-state index is 13.4. The van der Waals surface area contributed by atoms with Crippen molar-refractivity contribution in [2.75, 3.05) is 33.4 Å². The summed E-state index contributed by atoms with van der Waals surface area (Å²) in [4.78, 5) is 17.9. The molecule has 34 heavy (non-hydrogen) atoms.